The van der Waals surface area contributed by atoms with Gasteiger partial charge in [-0.15, -0.1) is 0 Å². The molecule has 0 amide bonds. The van der Waals surface area contributed by atoms with Gasteiger partial charge < -0.3 is 14.0 Å². The predicted octanol–water partition coefficient (Wildman–Crippen LogP) is 4.42. The minimum Gasteiger partial charge on any atom is -0.462 e. The van der Waals surface area contributed by atoms with E-state index in [4.69, 9.17) is 9.47 Å². The van der Waals surface area contributed by atoms with Crippen LogP contribution in [0.4, 0.5) is 0 Å². The number of hydrogen-bond acceptors (Lipinski definition) is 4. The van der Waals surface area contributed by atoms with Crippen molar-refractivity contribution in [2.75, 3.05) is 6.61 Å². The van der Waals surface area contributed by atoms with Crippen LogP contribution in [0.1, 0.15) is 36.8 Å². The number of halogens is 2. The molecule has 23 heavy (non-hydrogen) atoms. The molecule has 2 aromatic rings. The van der Waals surface area contributed by atoms with Crippen LogP contribution in [0.2, 0.25) is 0 Å². The van der Waals surface area contributed by atoms with Crippen molar-refractivity contribution in [3.8, 4) is 5.75 Å². The second-order valence-corrected chi connectivity index (χ2v) is 6.23. The number of nitrogens with zero attached hydrogens (tertiary/aromatic N) is 1. The lowest BCUT2D eigenvalue weighted by atomic mass is 10.1. The Labute approximate surface area is 151 Å². The lowest BCUT2D eigenvalue weighted by Gasteiger charge is -2.07. The summed E-state index contributed by atoms with van der Waals surface area (Å²) < 4.78 is 13.1. The van der Waals surface area contributed by atoms with Gasteiger partial charge in [-0.3, -0.25) is 4.79 Å². The van der Waals surface area contributed by atoms with Crippen molar-refractivity contribution in [3.63, 3.8) is 0 Å². The van der Waals surface area contributed by atoms with Crippen molar-refractivity contribution >= 4 is 54.7 Å². The summed E-state index contributed by atoms with van der Waals surface area (Å²) in [5, 5.41) is 1.23. The highest BCUT2D eigenvalue weighted by atomic mass is 79.9. The molecule has 0 spiro atoms. The maximum absolute atomic E-state index is 12.4. The predicted molar refractivity (Wildman–Crippen MR) is 95.2 cm³/mol. The molecule has 0 N–H and O–H groups in total. The van der Waals surface area contributed by atoms with E-state index in [1.54, 1.807) is 13.0 Å². The van der Waals surface area contributed by atoms with Gasteiger partial charge in [-0.05, 0) is 41.9 Å². The number of esters is 2. The molecule has 0 fully saturated rings. The van der Waals surface area contributed by atoms with E-state index in [1.807, 2.05) is 17.6 Å². The van der Waals surface area contributed by atoms with Crippen molar-refractivity contribution in [3.05, 3.63) is 27.9 Å². The highest BCUT2D eigenvalue weighted by Gasteiger charge is 2.24. The summed E-state index contributed by atoms with van der Waals surface area (Å²) in [5.74, 6) is -0.418. The third-order valence-corrected chi connectivity index (χ3v) is 4.55. The molecule has 0 saturated heterocycles. The zero-order valence-corrected chi connectivity index (χ0v) is 16.3. The molecule has 2 rings (SSSR count). The van der Waals surface area contributed by atoms with Gasteiger partial charge in [-0.1, -0.05) is 15.9 Å². The molecule has 1 heterocycles. The highest BCUT2D eigenvalue weighted by Crippen LogP contribution is 2.36. The van der Waals surface area contributed by atoms with Gasteiger partial charge in [0.2, 0.25) is 0 Å². The number of rotatable bonds is 5. The Kier molecular flexibility index (Phi) is 5.86. The molecule has 0 radical (unpaired) electrons. The van der Waals surface area contributed by atoms with E-state index >= 15 is 0 Å². The SMILES string of the molecule is CCOC(=O)c1c(CBr)n(CC)c2cc(Br)c(OC(C)=O)cc12. The smallest absolute Gasteiger partial charge is 0.340 e. The Morgan fingerprint density at radius 3 is 2.48 bits per heavy atom. The van der Waals surface area contributed by atoms with Crippen LogP contribution in [0.5, 0.6) is 5.75 Å². The molecule has 5 nitrogen and oxygen atoms in total. The summed E-state index contributed by atoms with van der Waals surface area (Å²) in [6, 6.07) is 3.55. The van der Waals surface area contributed by atoms with Crippen LogP contribution in [-0.4, -0.2) is 23.1 Å². The molecule has 1 aromatic carbocycles. The maximum atomic E-state index is 12.4. The Hall–Kier alpha value is -1.34. The van der Waals surface area contributed by atoms with Crippen molar-refractivity contribution in [2.24, 2.45) is 0 Å². The number of fused-ring (bicyclic) bond motifs is 1. The molecule has 0 atom stereocenters. The second-order valence-electron chi connectivity index (χ2n) is 4.81. The van der Waals surface area contributed by atoms with E-state index in [2.05, 4.69) is 31.9 Å². The van der Waals surface area contributed by atoms with E-state index in [-0.39, 0.29) is 5.97 Å². The number of ether oxygens (including phenoxy) is 2. The number of alkyl halides is 1. The van der Waals surface area contributed by atoms with Crippen molar-refractivity contribution < 1.29 is 19.1 Å². The van der Waals surface area contributed by atoms with E-state index in [1.165, 1.54) is 6.92 Å². The van der Waals surface area contributed by atoms with Crippen molar-refractivity contribution in [2.45, 2.75) is 32.6 Å². The number of benzene rings is 1. The first-order valence-corrected chi connectivity index (χ1v) is 9.12. The number of aryl methyl sites for hydroxylation is 1. The molecule has 0 aliphatic heterocycles. The van der Waals surface area contributed by atoms with E-state index in [9.17, 15) is 9.59 Å². The zero-order valence-electron chi connectivity index (χ0n) is 13.1. The number of carbonyl (C=O) groups excluding carboxylic acids is 2. The van der Waals surface area contributed by atoms with E-state index in [0.717, 1.165) is 11.2 Å². The van der Waals surface area contributed by atoms with E-state index < -0.39 is 5.97 Å². The third kappa shape index (κ3) is 3.45. The van der Waals surface area contributed by atoms with Crippen LogP contribution < -0.4 is 4.74 Å². The van der Waals surface area contributed by atoms with Crippen LogP contribution in [0.15, 0.2) is 16.6 Å². The molecule has 0 aliphatic rings. The summed E-state index contributed by atoms with van der Waals surface area (Å²) in [6.45, 7) is 6.12. The van der Waals surface area contributed by atoms with Gasteiger partial charge in [0.05, 0.1) is 22.2 Å². The average Bonchev–Trinajstić information content (AvgIpc) is 2.79. The van der Waals surface area contributed by atoms with Crippen LogP contribution in [0.25, 0.3) is 10.9 Å². The lowest BCUT2D eigenvalue weighted by molar-refractivity contribution is -0.131. The number of hydrogen-bond donors (Lipinski definition) is 0. The monoisotopic (exact) mass is 445 g/mol. The van der Waals surface area contributed by atoms with Gasteiger partial charge in [-0.25, -0.2) is 4.79 Å². The Balaban J connectivity index is 2.79. The standard InChI is InChI=1S/C16H17Br2NO4/c1-4-19-12-7-11(18)14(23-9(3)20)6-10(12)15(13(19)8-17)16(21)22-5-2/h6-7H,4-5,8H2,1-3H3. The quantitative estimate of drug-likeness (QED) is 0.387. The summed E-state index contributed by atoms with van der Waals surface area (Å²) >= 11 is 6.86. The first-order valence-electron chi connectivity index (χ1n) is 7.20. The summed E-state index contributed by atoms with van der Waals surface area (Å²) in [7, 11) is 0. The molecule has 0 bridgehead atoms. The molecule has 7 heteroatoms. The summed E-state index contributed by atoms with van der Waals surface area (Å²) in [4.78, 5) is 23.7. The fourth-order valence-electron chi connectivity index (χ4n) is 2.57. The van der Waals surface area contributed by atoms with Crippen LogP contribution in [-0.2, 0) is 21.4 Å². The number of carbonyl (C=O) groups is 2. The first kappa shape index (κ1) is 18.0. The maximum Gasteiger partial charge on any atom is 0.340 e. The molecule has 0 saturated carbocycles. The van der Waals surface area contributed by atoms with Gasteiger partial charge in [0.1, 0.15) is 5.75 Å². The molecule has 124 valence electrons. The number of aromatic nitrogens is 1. The van der Waals surface area contributed by atoms with Gasteiger partial charge in [0.15, 0.2) is 0 Å². The fourth-order valence-corrected chi connectivity index (χ4v) is 3.56. The van der Waals surface area contributed by atoms with E-state index in [0.29, 0.717) is 39.7 Å². The van der Waals surface area contributed by atoms with Gasteiger partial charge in [0.25, 0.3) is 0 Å². The molecule has 1 aromatic heterocycles. The Morgan fingerprint density at radius 2 is 1.96 bits per heavy atom. The largest absolute Gasteiger partial charge is 0.462 e. The minimum atomic E-state index is -0.418. The minimum absolute atomic E-state index is 0.298. The van der Waals surface area contributed by atoms with Gasteiger partial charge in [-0.2, -0.15) is 0 Å². The zero-order chi connectivity index (χ0) is 17.1. The van der Waals surface area contributed by atoms with Crippen molar-refractivity contribution in [1.29, 1.82) is 0 Å². The fraction of sp³-hybridized carbons (Fsp3) is 0.375. The molecule has 0 unspecified atom stereocenters. The lowest BCUT2D eigenvalue weighted by Crippen LogP contribution is -2.08. The topological polar surface area (TPSA) is 57.5 Å². The summed E-state index contributed by atoms with van der Waals surface area (Å²) in [5.41, 5.74) is 2.22. The molecular formula is C16H17Br2NO4. The van der Waals surface area contributed by atoms with Crippen LogP contribution >= 0.6 is 31.9 Å². The summed E-state index contributed by atoms with van der Waals surface area (Å²) in [6.07, 6.45) is 0. The third-order valence-electron chi connectivity index (χ3n) is 3.40. The Morgan fingerprint density at radius 1 is 1.26 bits per heavy atom. The average molecular weight is 447 g/mol. The molecular weight excluding hydrogens is 430 g/mol. The van der Waals surface area contributed by atoms with Crippen LogP contribution in [0.3, 0.4) is 0 Å². The van der Waals surface area contributed by atoms with Gasteiger partial charge >= 0.3 is 11.9 Å². The highest BCUT2D eigenvalue weighted by molar-refractivity contribution is 9.10. The first-order chi connectivity index (χ1) is 10.9. The Bertz CT molecular complexity index is 767. The molecule has 0 aliphatic carbocycles. The second kappa shape index (κ2) is 7.49. The van der Waals surface area contributed by atoms with Crippen LogP contribution in [0, 0.1) is 0 Å². The van der Waals surface area contributed by atoms with Gasteiger partial charge in [0, 0.05) is 29.9 Å². The normalized spacial score (nSPS) is 10.8. The van der Waals surface area contributed by atoms with Crippen molar-refractivity contribution in [1.82, 2.24) is 4.57 Å².